The third-order valence-corrected chi connectivity index (χ3v) is 5.00. The second-order valence-electron chi connectivity index (χ2n) is 7.75. The molecule has 3 aromatic carbocycles. The van der Waals surface area contributed by atoms with Gasteiger partial charge in [0.15, 0.2) is 0 Å². The maximum atomic E-state index is 13.3. The zero-order valence-corrected chi connectivity index (χ0v) is 17.0. The highest BCUT2D eigenvalue weighted by atomic mass is 16.1. The minimum atomic E-state index is -0.107. The summed E-state index contributed by atoms with van der Waals surface area (Å²) in [6.07, 6.45) is 0. The van der Waals surface area contributed by atoms with E-state index in [1.165, 1.54) is 0 Å². The van der Waals surface area contributed by atoms with Crippen molar-refractivity contribution in [3.05, 3.63) is 88.7 Å². The van der Waals surface area contributed by atoms with Crippen LogP contribution in [0.4, 0.5) is 5.69 Å². The molecule has 146 valence electrons. The summed E-state index contributed by atoms with van der Waals surface area (Å²) in [5.41, 5.74) is 4.48. The number of aromatic nitrogens is 2. The number of anilines is 1. The van der Waals surface area contributed by atoms with Crippen molar-refractivity contribution in [3.63, 3.8) is 0 Å². The molecule has 0 saturated carbocycles. The van der Waals surface area contributed by atoms with E-state index in [1.54, 1.807) is 4.68 Å². The van der Waals surface area contributed by atoms with Gasteiger partial charge in [-0.15, -0.1) is 0 Å². The van der Waals surface area contributed by atoms with Crippen molar-refractivity contribution >= 4 is 16.5 Å². The van der Waals surface area contributed by atoms with Crippen molar-refractivity contribution in [2.45, 2.75) is 20.8 Å². The Hall–Kier alpha value is -3.40. The maximum Gasteiger partial charge on any atom is 0.279 e. The fourth-order valence-electron chi connectivity index (χ4n) is 3.43. The van der Waals surface area contributed by atoms with Crippen LogP contribution in [0.5, 0.6) is 0 Å². The maximum absolute atomic E-state index is 13.3. The predicted octanol–water partition coefficient (Wildman–Crippen LogP) is 5.43. The van der Waals surface area contributed by atoms with Crippen molar-refractivity contribution in [1.82, 2.24) is 9.78 Å². The molecule has 0 saturated heterocycles. The molecule has 4 rings (SSSR count). The zero-order valence-electron chi connectivity index (χ0n) is 17.0. The Morgan fingerprint density at radius 2 is 1.62 bits per heavy atom. The highest BCUT2D eigenvalue weighted by Crippen LogP contribution is 2.26. The van der Waals surface area contributed by atoms with E-state index < -0.39 is 0 Å². The van der Waals surface area contributed by atoms with E-state index >= 15 is 0 Å². The Balaban J connectivity index is 1.94. The molecule has 1 heterocycles. The lowest BCUT2D eigenvalue weighted by molar-refractivity contribution is 0.688. The smallest absolute Gasteiger partial charge is 0.279 e. The van der Waals surface area contributed by atoms with Gasteiger partial charge in [0.25, 0.3) is 5.56 Å². The van der Waals surface area contributed by atoms with E-state index in [9.17, 15) is 4.79 Å². The Bertz CT molecular complexity index is 1210. The van der Waals surface area contributed by atoms with Crippen molar-refractivity contribution < 1.29 is 0 Å². The van der Waals surface area contributed by atoms with E-state index in [-0.39, 0.29) is 5.56 Å². The molecule has 4 aromatic rings. The number of aryl methyl sites for hydroxylation is 1. The molecule has 0 amide bonds. The normalized spacial score (nSPS) is 11.2. The number of hydrogen-bond acceptors (Lipinski definition) is 3. The van der Waals surface area contributed by atoms with Gasteiger partial charge >= 0.3 is 0 Å². The van der Waals surface area contributed by atoms with Crippen LogP contribution < -0.4 is 10.9 Å². The predicted molar refractivity (Wildman–Crippen MR) is 121 cm³/mol. The summed E-state index contributed by atoms with van der Waals surface area (Å²) in [5, 5.41) is 9.79. The first-order valence-electron chi connectivity index (χ1n) is 9.97. The fourth-order valence-corrected chi connectivity index (χ4v) is 3.43. The highest BCUT2D eigenvalue weighted by Gasteiger charge is 2.14. The second-order valence-corrected chi connectivity index (χ2v) is 7.75. The van der Waals surface area contributed by atoms with Crippen molar-refractivity contribution in [2.24, 2.45) is 5.92 Å². The molecule has 4 heteroatoms. The van der Waals surface area contributed by atoms with Gasteiger partial charge in [-0.05, 0) is 36.6 Å². The van der Waals surface area contributed by atoms with Gasteiger partial charge in [-0.2, -0.15) is 9.78 Å². The third kappa shape index (κ3) is 3.79. The SMILES string of the molecule is Cc1ccc(NCC(C)C)cc1-n1nc(-c2ccccc2)c2ccccc2c1=O. The van der Waals surface area contributed by atoms with Crippen molar-refractivity contribution in [1.29, 1.82) is 0 Å². The van der Waals surface area contributed by atoms with Crippen molar-refractivity contribution in [2.75, 3.05) is 11.9 Å². The van der Waals surface area contributed by atoms with E-state index in [0.29, 0.717) is 11.3 Å². The largest absolute Gasteiger partial charge is 0.385 e. The monoisotopic (exact) mass is 383 g/mol. The minimum absolute atomic E-state index is 0.107. The Labute approximate surface area is 170 Å². The Morgan fingerprint density at radius 3 is 2.34 bits per heavy atom. The van der Waals surface area contributed by atoms with E-state index in [4.69, 9.17) is 5.10 Å². The van der Waals surface area contributed by atoms with Crippen LogP contribution in [0.3, 0.4) is 0 Å². The first-order valence-corrected chi connectivity index (χ1v) is 9.97. The van der Waals surface area contributed by atoms with Crippen LogP contribution >= 0.6 is 0 Å². The number of nitrogens with zero attached hydrogens (tertiary/aromatic N) is 2. The summed E-state index contributed by atoms with van der Waals surface area (Å²) >= 11 is 0. The van der Waals surface area contributed by atoms with Gasteiger partial charge in [-0.3, -0.25) is 4.79 Å². The highest BCUT2D eigenvalue weighted by molar-refractivity contribution is 5.93. The van der Waals surface area contributed by atoms with Crippen LogP contribution in [0, 0.1) is 12.8 Å². The molecule has 4 nitrogen and oxygen atoms in total. The molecule has 0 aliphatic rings. The van der Waals surface area contributed by atoms with Gasteiger partial charge in [0.2, 0.25) is 0 Å². The average Bonchev–Trinajstić information content (AvgIpc) is 2.74. The quantitative estimate of drug-likeness (QED) is 0.500. The van der Waals surface area contributed by atoms with Crippen LogP contribution in [0.2, 0.25) is 0 Å². The molecule has 1 N–H and O–H groups in total. The van der Waals surface area contributed by atoms with Crippen LogP contribution in [-0.4, -0.2) is 16.3 Å². The molecule has 0 unspecified atom stereocenters. The summed E-state index contributed by atoms with van der Waals surface area (Å²) in [6, 6.07) is 23.8. The van der Waals surface area contributed by atoms with Gasteiger partial charge in [0.1, 0.15) is 0 Å². The van der Waals surface area contributed by atoms with Crippen LogP contribution in [0.1, 0.15) is 19.4 Å². The van der Waals surface area contributed by atoms with E-state index in [0.717, 1.165) is 40.1 Å². The molecule has 0 bridgehead atoms. The zero-order chi connectivity index (χ0) is 20.4. The summed E-state index contributed by atoms with van der Waals surface area (Å²) in [4.78, 5) is 13.3. The van der Waals surface area contributed by atoms with Gasteiger partial charge in [-0.1, -0.05) is 68.4 Å². The fraction of sp³-hybridized carbons (Fsp3) is 0.200. The molecule has 0 atom stereocenters. The molecular weight excluding hydrogens is 358 g/mol. The lowest BCUT2D eigenvalue weighted by Gasteiger charge is -2.15. The number of fused-ring (bicyclic) bond motifs is 1. The molecule has 0 spiro atoms. The number of rotatable bonds is 5. The van der Waals surface area contributed by atoms with Crippen LogP contribution in [0.25, 0.3) is 27.7 Å². The number of nitrogens with one attached hydrogen (secondary N) is 1. The number of hydrogen-bond donors (Lipinski definition) is 1. The van der Waals surface area contributed by atoms with Crippen molar-refractivity contribution in [3.8, 4) is 16.9 Å². The van der Waals surface area contributed by atoms with Gasteiger partial charge < -0.3 is 5.32 Å². The first-order chi connectivity index (χ1) is 14.0. The first kappa shape index (κ1) is 18.9. The van der Waals surface area contributed by atoms with Gasteiger partial charge in [0, 0.05) is 23.2 Å². The second kappa shape index (κ2) is 7.92. The van der Waals surface area contributed by atoms with Crippen LogP contribution in [0.15, 0.2) is 77.6 Å². The summed E-state index contributed by atoms with van der Waals surface area (Å²) < 4.78 is 1.54. The molecule has 0 aliphatic heterocycles. The molecule has 0 aliphatic carbocycles. The topological polar surface area (TPSA) is 46.9 Å². The van der Waals surface area contributed by atoms with E-state index in [2.05, 4.69) is 19.2 Å². The summed E-state index contributed by atoms with van der Waals surface area (Å²) in [7, 11) is 0. The number of benzene rings is 3. The minimum Gasteiger partial charge on any atom is -0.385 e. The Morgan fingerprint density at radius 1 is 0.931 bits per heavy atom. The Kier molecular flexibility index (Phi) is 5.17. The lowest BCUT2D eigenvalue weighted by Crippen LogP contribution is -2.23. The standard InChI is InChI=1S/C25H25N3O/c1-17(2)16-26-20-14-13-18(3)23(15-20)28-25(29)22-12-8-7-11-21(22)24(27-28)19-9-5-4-6-10-19/h4-15,17,26H,16H2,1-3H3. The average molecular weight is 383 g/mol. The molecule has 1 aromatic heterocycles. The van der Waals surface area contributed by atoms with Crippen LogP contribution in [-0.2, 0) is 0 Å². The summed E-state index contributed by atoms with van der Waals surface area (Å²) in [6.45, 7) is 7.22. The van der Waals surface area contributed by atoms with Gasteiger partial charge in [-0.25, -0.2) is 0 Å². The lowest BCUT2D eigenvalue weighted by atomic mass is 10.0. The molecule has 0 fully saturated rings. The van der Waals surface area contributed by atoms with Gasteiger partial charge in [0.05, 0.1) is 16.8 Å². The molecule has 0 radical (unpaired) electrons. The third-order valence-electron chi connectivity index (χ3n) is 5.00. The molecular formula is C25H25N3O. The van der Waals surface area contributed by atoms with E-state index in [1.807, 2.05) is 79.7 Å². The molecule has 29 heavy (non-hydrogen) atoms. The summed E-state index contributed by atoms with van der Waals surface area (Å²) in [5.74, 6) is 0.533.